The monoisotopic (exact) mass is 396 g/mol. The number of nitrogens with zero attached hydrogens (tertiary/aromatic N) is 3. The van der Waals surface area contributed by atoms with Crippen LogP contribution in [0.15, 0.2) is 4.52 Å². The van der Waals surface area contributed by atoms with E-state index in [0.717, 1.165) is 19.1 Å². The normalized spacial score (nSPS) is 34.5. The fraction of sp³-hybridized carbons (Fsp3) is 0.857. The largest absolute Gasteiger partial charge is 0.455 e. The Hall–Kier alpha value is -1.24. The van der Waals surface area contributed by atoms with Gasteiger partial charge in [0.15, 0.2) is 0 Å². The first-order valence-corrected chi connectivity index (χ1v) is 10.2. The second kappa shape index (κ2) is 5.88. The van der Waals surface area contributed by atoms with Crippen LogP contribution in [0.3, 0.4) is 0 Å². The lowest BCUT2D eigenvalue weighted by molar-refractivity contribution is -0.146. The maximum Gasteiger partial charge on any atom is 0.455 e. The van der Waals surface area contributed by atoms with E-state index >= 15 is 0 Å². The van der Waals surface area contributed by atoms with Gasteiger partial charge in [0.25, 0.3) is 5.82 Å². The number of hydrogen-bond acceptors (Lipinski definition) is 7. The Kier molecular flexibility index (Phi) is 4.10. The summed E-state index contributed by atoms with van der Waals surface area (Å²) in [5.41, 5.74) is -0.360. The van der Waals surface area contributed by atoms with Gasteiger partial charge in [-0.25, -0.2) is 13.1 Å². The molecule has 0 aliphatic carbocycles. The van der Waals surface area contributed by atoms with Gasteiger partial charge in [-0.1, -0.05) is 5.16 Å². The van der Waals surface area contributed by atoms with Crippen molar-refractivity contribution in [2.75, 3.05) is 25.9 Å². The third-order valence-electron chi connectivity index (χ3n) is 5.52. The lowest BCUT2D eigenvalue weighted by Crippen LogP contribution is -2.41. The molecule has 1 aromatic rings. The Balaban J connectivity index is 1.44. The van der Waals surface area contributed by atoms with Crippen molar-refractivity contribution < 1.29 is 30.8 Å². The van der Waals surface area contributed by atoms with Crippen LogP contribution in [0.5, 0.6) is 0 Å². The van der Waals surface area contributed by atoms with E-state index in [9.17, 15) is 21.6 Å². The van der Waals surface area contributed by atoms with Crippen molar-refractivity contribution in [2.45, 2.75) is 37.3 Å². The number of rotatable bonds is 5. The smallest absolute Gasteiger partial charge is 0.370 e. The fourth-order valence-corrected chi connectivity index (χ4v) is 5.05. The molecule has 0 radical (unpaired) electrons. The van der Waals surface area contributed by atoms with Crippen LogP contribution < -0.4 is 4.72 Å². The number of nitrogens with one attached hydrogen (secondary N) is 1. The highest BCUT2D eigenvalue weighted by Crippen LogP contribution is 2.54. The first kappa shape index (κ1) is 18.1. The Bertz CT molecular complexity index is 798. The van der Waals surface area contributed by atoms with Crippen LogP contribution in [-0.2, 0) is 27.5 Å². The Morgan fingerprint density at radius 1 is 1.42 bits per heavy atom. The van der Waals surface area contributed by atoms with Crippen LogP contribution in [0.4, 0.5) is 13.2 Å². The highest BCUT2D eigenvalue weighted by Gasteiger charge is 2.62. The molecule has 26 heavy (non-hydrogen) atoms. The molecule has 2 bridgehead atoms. The lowest BCUT2D eigenvalue weighted by Gasteiger charge is -2.29. The second-order valence-electron chi connectivity index (χ2n) is 7.33. The minimum atomic E-state index is -4.63. The molecule has 4 heterocycles. The number of sulfonamides is 1. The van der Waals surface area contributed by atoms with Crippen LogP contribution in [0, 0.1) is 11.8 Å². The molecular weight excluding hydrogens is 377 g/mol. The number of hydrogen-bond donors (Lipinski definition) is 1. The maximum atomic E-state index is 12.6. The van der Waals surface area contributed by atoms with E-state index in [1.54, 1.807) is 0 Å². The van der Waals surface area contributed by atoms with Gasteiger partial charge in [-0.2, -0.15) is 18.2 Å². The van der Waals surface area contributed by atoms with E-state index in [1.807, 2.05) is 4.90 Å². The van der Waals surface area contributed by atoms with Crippen molar-refractivity contribution in [2.24, 2.45) is 11.8 Å². The van der Waals surface area contributed by atoms with Crippen molar-refractivity contribution in [1.82, 2.24) is 19.8 Å². The standard InChI is InChI=1S/C14H19F3N4O4S/c1-26(22,23)18-4-8-9-5-21(7-13(9)3-2-10(8)24-13)6-11-19-12(20-25-11)14(15,16)17/h8-10,18H,2-7H2,1H3/t8-,9+,10+,13+/m0/s1. The molecule has 3 fully saturated rings. The van der Waals surface area contributed by atoms with E-state index in [4.69, 9.17) is 9.26 Å². The lowest BCUT2D eigenvalue weighted by atomic mass is 9.74. The van der Waals surface area contributed by atoms with E-state index in [2.05, 4.69) is 14.9 Å². The van der Waals surface area contributed by atoms with Crippen molar-refractivity contribution in [3.8, 4) is 0 Å². The highest BCUT2D eigenvalue weighted by atomic mass is 32.2. The van der Waals surface area contributed by atoms with Gasteiger partial charge in [0.2, 0.25) is 15.9 Å². The first-order chi connectivity index (χ1) is 12.1. The molecule has 8 nitrogen and oxygen atoms in total. The topological polar surface area (TPSA) is 97.6 Å². The van der Waals surface area contributed by atoms with Crippen molar-refractivity contribution in [1.29, 1.82) is 0 Å². The predicted octanol–water partition coefficient (Wildman–Crippen LogP) is 0.617. The number of alkyl halides is 3. The van der Waals surface area contributed by atoms with Crippen LogP contribution in [-0.4, -0.2) is 61.1 Å². The number of likely N-dealkylation sites (tertiary alicyclic amines) is 1. The van der Waals surface area contributed by atoms with Gasteiger partial charge >= 0.3 is 6.18 Å². The zero-order valence-electron chi connectivity index (χ0n) is 14.0. The van der Waals surface area contributed by atoms with Crippen LogP contribution >= 0.6 is 0 Å². The first-order valence-electron chi connectivity index (χ1n) is 8.30. The molecule has 3 aliphatic heterocycles. The third kappa shape index (κ3) is 3.23. The zero-order valence-corrected chi connectivity index (χ0v) is 14.8. The van der Waals surface area contributed by atoms with Gasteiger partial charge in [0.05, 0.1) is 24.5 Å². The van der Waals surface area contributed by atoms with Gasteiger partial charge in [0.1, 0.15) is 0 Å². The molecular formula is C14H19F3N4O4S. The molecule has 0 aromatic carbocycles. The summed E-state index contributed by atoms with van der Waals surface area (Å²) in [7, 11) is -3.29. The van der Waals surface area contributed by atoms with Crippen molar-refractivity contribution >= 4 is 10.0 Å². The maximum absolute atomic E-state index is 12.6. The molecule has 0 unspecified atom stereocenters. The molecule has 0 saturated carbocycles. The minimum Gasteiger partial charge on any atom is -0.370 e. The summed E-state index contributed by atoms with van der Waals surface area (Å²) in [5.74, 6) is -1.19. The summed E-state index contributed by atoms with van der Waals surface area (Å²) in [5, 5.41) is 2.97. The fourth-order valence-electron chi connectivity index (χ4n) is 4.55. The molecule has 4 rings (SSSR count). The van der Waals surface area contributed by atoms with Gasteiger partial charge in [-0.05, 0) is 12.8 Å². The molecule has 1 aromatic heterocycles. The predicted molar refractivity (Wildman–Crippen MR) is 81.2 cm³/mol. The molecule has 146 valence electrons. The molecule has 12 heteroatoms. The summed E-state index contributed by atoms with van der Waals surface area (Å²) in [6.07, 6.45) is -1.76. The number of halogens is 3. The van der Waals surface area contributed by atoms with Crippen molar-refractivity contribution in [3.63, 3.8) is 0 Å². The van der Waals surface area contributed by atoms with E-state index in [0.29, 0.717) is 19.6 Å². The van der Waals surface area contributed by atoms with Crippen LogP contribution in [0.1, 0.15) is 24.6 Å². The van der Waals surface area contributed by atoms with Gasteiger partial charge in [-0.15, -0.1) is 0 Å². The van der Waals surface area contributed by atoms with Gasteiger partial charge < -0.3 is 9.26 Å². The summed E-state index contributed by atoms with van der Waals surface area (Å²) >= 11 is 0. The summed E-state index contributed by atoms with van der Waals surface area (Å²) in [6, 6.07) is 0. The Morgan fingerprint density at radius 3 is 2.85 bits per heavy atom. The molecule has 1 N–H and O–H groups in total. The molecule has 3 saturated heterocycles. The summed E-state index contributed by atoms with van der Waals surface area (Å²) in [4.78, 5) is 5.35. The third-order valence-corrected chi connectivity index (χ3v) is 6.21. The van der Waals surface area contributed by atoms with Gasteiger partial charge in [-0.3, -0.25) is 4.90 Å². The van der Waals surface area contributed by atoms with Crippen LogP contribution in [0.25, 0.3) is 0 Å². The van der Waals surface area contributed by atoms with E-state index in [-0.39, 0.29) is 36.0 Å². The zero-order chi connectivity index (χ0) is 18.7. The summed E-state index contributed by atoms with van der Waals surface area (Å²) in [6.45, 7) is 1.58. The van der Waals surface area contributed by atoms with Crippen molar-refractivity contribution in [3.05, 3.63) is 11.7 Å². The van der Waals surface area contributed by atoms with E-state index < -0.39 is 22.0 Å². The summed E-state index contributed by atoms with van der Waals surface area (Å²) < 4.78 is 74.0. The molecule has 1 spiro atoms. The Morgan fingerprint density at radius 2 is 2.19 bits per heavy atom. The van der Waals surface area contributed by atoms with Gasteiger partial charge in [0, 0.05) is 31.5 Å². The average Bonchev–Trinajstić information content (AvgIpc) is 3.22. The Labute approximate surface area is 148 Å². The SMILES string of the molecule is CS(=O)(=O)NC[C@H]1[C@H]2CN(Cc3nc(C(F)(F)F)no3)C[C@]23CC[C@H]1O3. The number of fused-ring (bicyclic) bond motifs is 1. The minimum absolute atomic E-state index is 0.0247. The van der Waals surface area contributed by atoms with Crippen LogP contribution in [0.2, 0.25) is 0 Å². The quantitative estimate of drug-likeness (QED) is 0.779. The molecule has 4 atom stereocenters. The number of aromatic nitrogens is 2. The second-order valence-corrected chi connectivity index (χ2v) is 9.16. The average molecular weight is 396 g/mol. The molecule has 3 aliphatic rings. The number of ether oxygens (including phenoxy) is 1. The highest BCUT2D eigenvalue weighted by molar-refractivity contribution is 7.88. The van der Waals surface area contributed by atoms with E-state index in [1.165, 1.54) is 0 Å². The molecule has 0 amide bonds.